The summed E-state index contributed by atoms with van der Waals surface area (Å²) in [5.74, 6) is 1.96. The number of hydrogen-bond donors (Lipinski definition) is 0. The van der Waals surface area contributed by atoms with Crippen LogP contribution in [0.4, 0.5) is 0 Å². The molecule has 17 heavy (non-hydrogen) atoms. The maximum atomic E-state index is 5.23. The molecular formula is C14H18N2O. The second-order valence-electron chi connectivity index (χ2n) is 4.27. The molecular weight excluding hydrogens is 212 g/mol. The normalized spacial score (nSPS) is 10.6. The number of aromatic nitrogens is 2. The van der Waals surface area contributed by atoms with Crippen LogP contribution in [0.15, 0.2) is 24.3 Å². The molecule has 0 fully saturated rings. The van der Waals surface area contributed by atoms with E-state index in [4.69, 9.17) is 4.74 Å². The number of imidazole rings is 1. The van der Waals surface area contributed by atoms with E-state index in [2.05, 4.69) is 28.6 Å². The Balaban J connectivity index is 2.31. The van der Waals surface area contributed by atoms with Crippen molar-refractivity contribution >= 4 is 0 Å². The first kappa shape index (κ1) is 11.7. The lowest BCUT2D eigenvalue weighted by Crippen LogP contribution is -2.04. The zero-order valence-corrected chi connectivity index (χ0v) is 10.8. The van der Waals surface area contributed by atoms with Crippen LogP contribution in [-0.4, -0.2) is 16.7 Å². The van der Waals surface area contributed by atoms with Gasteiger partial charge >= 0.3 is 0 Å². The fraction of sp³-hybridized carbons (Fsp3) is 0.357. The van der Waals surface area contributed by atoms with Crippen LogP contribution < -0.4 is 4.74 Å². The third kappa shape index (κ3) is 2.33. The summed E-state index contributed by atoms with van der Waals surface area (Å²) in [6.07, 6.45) is 0. The molecule has 0 saturated heterocycles. The first-order valence-electron chi connectivity index (χ1n) is 5.75. The van der Waals surface area contributed by atoms with Gasteiger partial charge in [-0.15, -0.1) is 0 Å². The summed E-state index contributed by atoms with van der Waals surface area (Å²) >= 11 is 0. The largest absolute Gasteiger partial charge is 0.497 e. The molecule has 0 unspecified atom stereocenters. The first-order chi connectivity index (χ1) is 8.11. The fourth-order valence-corrected chi connectivity index (χ4v) is 2.01. The molecule has 0 saturated carbocycles. The molecule has 0 aliphatic carbocycles. The van der Waals surface area contributed by atoms with Crippen molar-refractivity contribution in [3.63, 3.8) is 0 Å². The van der Waals surface area contributed by atoms with Crippen LogP contribution in [0.3, 0.4) is 0 Å². The number of ether oxygens (including phenoxy) is 1. The molecule has 2 aromatic rings. The summed E-state index contributed by atoms with van der Waals surface area (Å²) in [5.41, 5.74) is 3.56. The molecule has 0 spiro atoms. The predicted octanol–water partition coefficient (Wildman–Crippen LogP) is 2.87. The van der Waals surface area contributed by atoms with Gasteiger partial charge < -0.3 is 9.30 Å². The average Bonchev–Trinajstić information content (AvgIpc) is 2.56. The Morgan fingerprint density at radius 2 is 2.00 bits per heavy atom. The van der Waals surface area contributed by atoms with E-state index < -0.39 is 0 Å². The topological polar surface area (TPSA) is 27.1 Å². The molecule has 3 heteroatoms. The first-order valence-corrected chi connectivity index (χ1v) is 5.75. The fourth-order valence-electron chi connectivity index (χ4n) is 2.01. The van der Waals surface area contributed by atoms with Crippen molar-refractivity contribution in [2.45, 2.75) is 27.3 Å². The van der Waals surface area contributed by atoms with Crippen molar-refractivity contribution in [3.05, 3.63) is 47.0 Å². The van der Waals surface area contributed by atoms with E-state index in [0.29, 0.717) is 0 Å². The second kappa shape index (κ2) is 4.62. The van der Waals surface area contributed by atoms with E-state index in [0.717, 1.165) is 23.8 Å². The Morgan fingerprint density at radius 3 is 2.59 bits per heavy atom. The highest BCUT2D eigenvalue weighted by atomic mass is 16.5. The molecule has 1 heterocycles. The quantitative estimate of drug-likeness (QED) is 0.810. The average molecular weight is 230 g/mol. The van der Waals surface area contributed by atoms with Gasteiger partial charge in [-0.2, -0.15) is 0 Å². The summed E-state index contributed by atoms with van der Waals surface area (Å²) in [6, 6.07) is 8.15. The molecule has 0 radical (unpaired) electrons. The van der Waals surface area contributed by atoms with Crippen molar-refractivity contribution in [2.24, 2.45) is 0 Å². The van der Waals surface area contributed by atoms with E-state index in [-0.39, 0.29) is 0 Å². The molecule has 0 N–H and O–H groups in total. The van der Waals surface area contributed by atoms with Gasteiger partial charge in [0.1, 0.15) is 11.6 Å². The number of methoxy groups -OCH3 is 1. The standard InChI is InChI=1S/C14H18N2O/c1-10-11(2)16(12(3)15-10)9-13-6-5-7-14(8-13)17-4/h5-8H,9H2,1-4H3. The molecule has 0 bridgehead atoms. The van der Waals surface area contributed by atoms with Crippen LogP contribution >= 0.6 is 0 Å². The molecule has 0 aliphatic heterocycles. The van der Waals surface area contributed by atoms with Gasteiger partial charge in [0, 0.05) is 12.2 Å². The lowest BCUT2D eigenvalue weighted by molar-refractivity contribution is 0.414. The smallest absolute Gasteiger partial charge is 0.119 e. The van der Waals surface area contributed by atoms with Gasteiger partial charge in [0.05, 0.1) is 12.8 Å². The molecule has 90 valence electrons. The maximum Gasteiger partial charge on any atom is 0.119 e. The van der Waals surface area contributed by atoms with Crippen LogP contribution in [0.25, 0.3) is 0 Å². The van der Waals surface area contributed by atoms with Gasteiger partial charge in [0.2, 0.25) is 0 Å². The summed E-state index contributed by atoms with van der Waals surface area (Å²) in [7, 11) is 1.69. The van der Waals surface area contributed by atoms with Crippen LogP contribution in [-0.2, 0) is 6.54 Å². The molecule has 0 amide bonds. The highest BCUT2D eigenvalue weighted by Crippen LogP contribution is 2.16. The molecule has 1 aromatic carbocycles. The maximum absolute atomic E-state index is 5.23. The van der Waals surface area contributed by atoms with E-state index in [1.165, 1.54) is 11.3 Å². The van der Waals surface area contributed by atoms with Crippen LogP contribution in [0.1, 0.15) is 22.8 Å². The number of hydrogen-bond acceptors (Lipinski definition) is 2. The van der Waals surface area contributed by atoms with E-state index in [1.807, 2.05) is 26.0 Å². The van der Waals surface area contributed by atoms with Crippen molar-refractivity contribution in [1.82, 2.24) is 9.55 Å². The minimum Gasteiger partial charge on any atom is -0.497 e. The SMILES string of the molecule is COc1cccc(Cn2c(C)nc(C)c2C)c1. The summed E-state index contributed by atoms with van der Waals surface area (Å²) < 4.78 is 7.46. The van der Waals surface area contributed by atoms with Gasteiger partial charge in [-0.3, -0.25) is 0 Å². The predicted molar refractivity (Wildman–Crippen MR) is 68.5 cm³/mol. The highest BCUT2D eigenvalue weighted by Gasteiger charge is 2.07. The van der Waals surface area contributed by atoms with Crippen molar-refractivity contribution in [2.75, 3.05) is 7.11 Å². The Hall–Kier alpha value is -1.77. The monoisotopic (exact) mass is 230 g/mol. The Kier molecular flexibility index (Phi) is 3.18. The minimum absolute atomic E-state index is 0.843. The van der Waals surface area contributed by atoms with Crippen LogP contribution in [0.2, 0.25) is 0 Å². The lowest BCUT2D eigenvalue weighted by atomic mass is 10.2. The Bertz CT molecular complexity index is 529. The van der Waals surface area contributed by atoms with Crippen molar-refractivity contribution < 1.29 is 4.74 Å². The highest BCUT2D eigenvalue weighted by molar-refractivity contribution is 5.29. The number of aryl methyl sites for hydroxylation is 2. The number of benzene rings is 1. The summed E-state index contributed by atoms with van der Waals surface area (Å²) in [4.78, 5) is 4.48. The molecule has 0 atom stereocenters. The second-order valence-corrected chi connectivity index (χ2v) is 4.27. The number of nitrogens with zero attached hydrogens (tertiary/aromatic N) is 2. The van der Waals surface area contributed by atoms with Crippen molar-refractivity contribution in [3.8, 4) is 5.75 Å². The molecule has 3 nitrogen and oxygen atoms in total. The number of rotatable bonds is 3. The van der Waals surface area contributed by atoms with Crippen LogP contribution in [0, 0.1) is 20.8 Å². The van der Waals surface area contributed by atoms with E-state index >= 15 is 0 Å². The van der Waals surface area contributed by atoms with Gasteiger partial charge in [-0.25, -0.2) is 4.98 Å². The molecule has 2 rings (SSSR count). The van der Waals surface area contributed by atoms with Gasteiger partial charge in [0.15, 0.2) is 0 Å². The summed E-state index contributed by atoms with van der Waals surface area (Å²) in [5, 5.41) is 0. The lowest BCUT2D eigenvalue weighted by Gasteiger charge is -2.09. The minimum atomic E-state index is 0.843. The van der Waals surface area contributed by atoms with Gasteiger partial charge in [-0.05, 0) is 38.5 Å². The Morgan fingerprint density at radius 1 is 1.24 bits per heavy atom. The van der Waals surface area contributed by atoms with E-state index in [1.54, 1.807) is 7.11 Å². The van der Waals surface area contributed by atoms with E-state index in [9.17, 15) is 0 Å². The molecule has 0 aliphatic rings. The van der Waals surface area contributed by atoms with Crippen molar-refractivity contribution in [1.29, 1.82) is 0 Å². The summed E-state index contributed by atoms with van der Waals surface area (Å²) in [6.45, 7) is 7.04. The Labute approximate surface area is 102 Å². The van der Waals surface area contributed by atoms with Gasteiger partial charge in [0.25, 0.3) is 0 Å². The van der Waals surface area contributed by atoms with Crippen LogP contribution in [0.5, 0.6) is 5.75 Å². The molecule has 1 aromatic heterocycles. The third-order valence-electron chi connectivity index (χ3n) is 3.12. The zero-order chi connectivity index (χ0) is 12.4. The van der Waals surface area contributed by atoms with Gasteiger partial charge in [-0.1, -0.05) is 12.1 Å². The zero-order valence-electron chi connectivity index (χ0n) is 10.8. The third-order valence-corrected chi connectivity index (χ3v) is 3.12.